The molecule has 0 unspecified atom stereocenters. The Morgan fingerprint density at radius 2 is 2.07 bits per heavy atom. The molecule has 0 bridgehead atoms. The Balaban J connectivity index is 2.68. The van der Waals surface area contributed by atoms with Crippen LogP contribution >= 0.6 is 0 Å². The van der Waals surface area contributed by atoms with Gasteiger partial charge in [-0.1, -0.05) is 36.9 Å². The van der Waals surface area contributed by atoms with Crippen molar-refractivity contribution in [3.8, 4) is 0 Å². The Bertz CT molecular complexity index is 529. The normalized spacial score (nSPS) is 12.0. The first-order valence-electron chi connectivity index (χ1n) is 5.02. The van der Waals surface area contributed by atoms with Crippen molar-refractivity contribution in [3.63, 3.8) is 0 Å². The van der Waals surface area contributed by atoms with E-state index in [1.54, 1.807) is 6.08 Å². The summed E-state index contributed by atoms with van der Waals surface area (Å²) in [5.74, 6) is 0.955. The van der Waals surface area contributed by atoms with E-state index in [0.717, 1.165) is 16.9 Å². The first kappa shape index (κ1) is 9.78. The predicted octanol–water partition coefficient (Wildman–Crippen LogP) is 4.33. The number of rotatable bonds is 2. The highest BCUT2D eigenvalue weighted by atomic mass is 16.3. The Labute approximate surface area is 89.7 Å². The second-order valence-electron chi connectivity index (χ2n) is 3.64. The van der Waals surface area contributed by atoms with Crippen molar-refractivity contribution in [1.29, 1.82) is 0 Å². The minimum absolute atomic E-state index is 0.946. The standard InChI is InChI=1S/C14H14O/c1-4-7-10(2)14-11(3)12-8-5-6-9-13(12)15-14/h4-9H,1H2,2-3H3/b10-7-. The molecule has 0 atom stereocenters. The summed E-state index contributed by atoms with van der Waals surface area (Å²) >= 11 is 0. The Morgan fingerprint density at radius 3 is 2.73 bits per heavy atom. The van der Waals surface area contributed by atoms with E-state index in [4.69, 9.17) is 4.42 Å². The summed E-state index contributed by atoms with van der Waals surface area (Å²) in [6.07, 6.45) is 3.74. The summed E-state index contributed by atoms with van der Waals surface area (Å²) < 4.78 is 5.80. The Kier molecular flexibility index (Phi) is 2.46. The summed E-state index contributed by atoms with van der Waals surface area (Å²) in [6.45, 7) is 7.81. The van der Waals surface area contributed by atoms with Crippen LogP contribution in [0.25, 0.3) is 16.5 Å². The van der Waals surface area contributed by atoms with Gasteiger partial charge in [-0.15, -0.1) is 0 Å². The molecule has 0 aliphatic carbocycles. The molecular formula is C14H14O. The molecule has 0 saturated carbocycles. The molecule has 1 heterocycles. The largest absolute Gasteiger partial charge is 0.456 e. The zero-order valence-electron chi connectivity index (χ0n) is 9.08. The molecule has 1 aromatic carbocycles. The van der Waals surface area contributed by atoms with E-state index < -0.39 is 0 Å². The van der Waals surface area contributed by atoms with Crippen molar-refractivity contribution in [1.82, 2.24) is 0 Å². The molecule has 0 radical (unpaired) electrons. The van der Waals surface area contributed by atoms with Gasteiger partial charge in [-0.2, -0.15) is 0 Å². The van der Waals surface area contributed by atoms with Gasteiger partial charge in [0.15, 0.2) is 0 Å². The number of allylic oxidation sites excluding steroid dienone is 3. The Hall–Kier alpha value is -1.76. The van der Waals surface area contributed by atoms with Gasteiger partial charge in [-0.3, -0.25) is 0 Å². The van der Waals surface area contributed by atoms with Crippen molar-refractivity contribution in [2.24, 2.45) is 0 Å². The van der Waals surface area contributed by atoms with Crippen molar-refractivity contribution >= 4 is 16.5 Å². The fourth-order valence-electron chi connectivity index (χ4n) is 1.80. The van der Waals surface area contributed by atoms with Crippen molar-refractivity contribution in [2.45, 2.75) is 13.8 Å². The quantitative estimate of drug-likeness (QED) is 0.654. The highest BCUT2D eigenvalue weighted by molar-refractivity contribution is 5.86. The second kappa shape index (κ2) is 3.77. The SMILES string of the molecule is C=C/C=C(/C)c1oc2ccccc2c1C. The zero-order valence-corrected chi connectivity index (χ0v) is 9.08. The molecule has 15 heavy (non-hydrogen) atoms. The minimum Gasteiger partial charge on any atom is -0.456 e. The number of furan rings is 1. The van der Waals surface area contributed by atoms with Gasteiger partial charge in [0.1, 0.15) is 11.3 Å². The molecule has 0 saturated heterocycles. The van der Waals surface area contributed by atoms with E-state index >= 15 is 0 Å². The van der Waals surface area contributed by atoms with Crippen LogP contribution in [0.5, 0.6) is 0 Å². The van der Waals surface area contributed by atoms with Crippen LogP contribution in [-0.4, -0.2) is 0 Å². The molecule has 1 nitrogen and oxygen atoms in total. The van der Waals surface area contributed by atoms with Gasteiger partial charge in [0.25, 0.3) is 0 Å². The van der Waals surface area contributed by atoms with E-state index in [1.165, 1.54) is 10.9 Å². The summed E-state index contributed by atoms with van der Waals surface area (Å²) in [5, 5.41) is 1.18. The van der Waals surface area contributed by atoms with Crippen LogP contribution in [0.3, 0.4) is 0 Å². The van der Waals surface area contributed by atoms with Gasteiger partial charge in [-0.25, -0.2) is 0 Å². The number of aryl methyl sites for hydroxylation is 1. The van der Waals surface area contributed by atoms with Crippen LogP contribution in [-0.2, 0) is 0 Å². The number of para-hydroxylation sites is 1. The van der Waals surface area contributed by atoms with Gasteiger partial charge in [-0.05, 0) is 25.5 Å². The summed E-state index contributed by atoms with van der Waals surface area (Å²) in [6, 6.07) is 8.09. The lowest BCUT2D eigenvalue weighted by molar-refractivity contribution is 0.596. The van der Waals surface area contributed by atoms with Crippen LogP contribution < -0.4 is 0 Å². The minimum atomic E-state index is 0.946. The van der Waals surface area contributed by atoms with E-state index in [2.05, 4.69) is 19.6 Å². The lowest BCUT2D eigenvalue weighted by atomic mass is 10.1. The zero-order chi connectivity index (χ0) is 10.8. The summed E-state index contributed by atoms with van der Waals surface area (Å²) in [5.41, 5.74) is 3.25. The maximum atomic E-state index is 5.80. The van der Waals surface area contributed by atoms with E-state index in [1.807, 2.05) is 31.2 Å². The highest BCUT2D eigenvalue weighted by Gasteiger charge is 2.10. The highest BCUT2D eigenvalue weighted by Crippen LogP contribution is 2.29. The molecule has 0 aliphatic rings. The third kappa shape index (κ3) is 1.61. The third-order valence-electron chi connectivity index (χ3n) is 2.57. The maximum absolute atomic E-state index is 5.80. The molecule has 0 aliphatic heterocycles. The molecule has 76 valence electrons. The average Bonchev–Trinajstić information content (AvgIpc) is 2.57. The topological polar surface area (TPSA) is 13.1 Å². The monoisotopic (exact) mass is 198 g/mol. The van der Waals surface area contributed by atoms with Crippen LogP contribution in [0, 0.1) is 6.92 Å². The van der Waals surface area contributed by atoms with Gasteiger partial charge in [0.05, 0.1) is 0 Å². The molecule has 2 rings (SSSR count). The van der Waals surface area contributed by atoms with Gasteiger partial charge in [0, 0.05) is 10.9 Å². The molecular weight excluding hydrogens is 184 g/mol. The van der Waals surface area contributed by atoms with Crippen LogP contribution in [0.2, 0.25) is 0 Å². The third-order valence-corrected chi connectivity index (χ3v) is 2.57. The molecule has 1 heteroatoms. The predicted molar refractivity (Wildman–Crippen MR) is 64.8 cm³/mol. The van der Waals surface area contributed by atoms with Crippen LogP contribution in [0.4, 0.5) is 0 Å². The molecule has 2 aromatic rings. The maximum Gasteiger partial charge on any atom is 0.135 e. The fourth-order valence-corrected chi connectivity index (χ4v) is 1.80. The van der Waals surface area contributed by atoms with Crippen LogP contribution in [0.1, 0.15) is 18.2 Å². The van der Waals surface area contributed by atoms with Gasteiger partial charge < -0.3 is 4.42 Å². The van der Waals surface area contributed by atoms with E-state index in [9.17, 15) is 0 Å². The average molecular weight is 198 g/mol. The molecule has 0 N–H and O–H groups in total. The van der Waals surface area contributed by atoms with Crippen molar-refractivity contribution < 1.29 is 4.42 Å². The van der Waals surface area contributed by atoms with E-state index in [-0.39, 0.29) is 0 Å². The smallest absolute Gasteiger partial charge is 0.135 e. The van der Waals surface area contributed by atoms with E-state index in [0.29, 0.717) is 0 Å². The molecule has 0 spiro atoms. The number of fused-ring (bicyclic) bond motifs is 1. The molecule has 0 fully saturated rings. The first-order valence-corrected chi connectivity index (χ1v) is 5.02. The lowest BCUT2D eigenvalue weighted by Crippen LogP contribution is -1.77. The summed E-state index contributed by atoms with van der Waals surface area (Å²) in [4.78, 5) is 0. The van der Waals surface area contributed by atoms with Crippen molar-refractivity contribution in [3.05, 3.63) is 54.3 Å². The van der Waals surface area contributed by atoms with Gasteiger partial charge >= 0.3 is 0 Å². The number of benzene rings is 1. The van der Waals surface area contributed by atoms with Crippen molar-refractivity contribution in [2.75, 3.05) is 0 Å². The first-order chi connectivity index (χ1) is 7.24. The molecule has 1 aromatic heterocycles. The Morgan fingerprint density at radius 1 is 1.33 bits per heavy atom. The number of hydrogen-bond donors (Lipinski definition) is 0. The summed E-state index contributed by atoms with van der Waals surface area (Å²) in [7, 11) is 0. The van der Waals surface area contributed by atoms with Crippen LogP contribution in [0.15, 0.2) is 47.4 Å². The second-order valence-corrected chi connectivity index (χ2v) is 3.64. The molecule has 0 amide bonds. The fraction of sp³-hybridized carbons (Fsp3) is 0.143. The van der Waals surface area contributed by atoms with Gasteiger partial charge in [0.2, 0.25) is 0 Å². The lowest BCUT2D eigenvalue weighted by Gasteiger charge is -1.95. The number of hydrogen-bond acceptors (Lipinski definition) is 1.